The van der Waals surface area contributed by atoms with Gasteiger partial charge in [0.05, 0.1) is 12.1 Å². The van der Waals surface area contributed by atoms with E-state index in [0.717, 1.165) is 26.1 Å². The monoisotopic (exact) mass is 335 g/mol. The van der Waals surface area contributed by atoms with E-state index in [0.29, 0.717) is 42.6 Å². The van der Waals surface area contributed by atoms with Gasteiger partial charge < -0.3 is 24.6 Å². The largest absolute Gasteiger partial charge is 0.486 e. The van der Waals surface area contributed by atoms with Gasteiger partial charge in [0.15, 0.2) is 11.5 Å². The number of aliphatic hydroxyl groups is 1. The van der Waals surface area contributed by atoms with E-state index >= 15 is 0 Å². The summed E-state index contributed by atoms with van der Waals surface area (Å²) in [5, 5.41) is 13.4. The third-order valence-electron chi connectivity index (χ3n) is 4.58. The van der Waals surface area contributed by atoms with E-state index < -0.39 is 6.10 Å². The van der Waals surface area contributed by atoms with Gasteiger partial charge in [0, 0.05) is 19.6 Å². The van der Waals surface area contributed by atoms with Crippen LogP contribution >= 0.6 is 0 Å². The molecule has 1 amide bonds. The summed E-state index contributed by atoms with van der Waals surface area (Å²) in [6, 6.07) is 5.00. The predicted molar refractivity (Wildman–Crippen MR) is 88.2 cm³/mol. The Morgan fingerprint density at radius 2 is 1.92 bits per heavy atom. The third kappa shape index (κ3) is 4.19. The van der Waals surface area contributed by atoms with Crippen LogP contribution in [-0.4, -0.2) is 43.5 Å². The highest BCUT2D eigenvalue weighted by molar-refractivity contribution is 5.76. The Morgan fingerprint density at radius 1 is 1.21 bits per heavy atom. The zero-order chi connectivity index (χ0) is 16.9. The van der Waals surface area contributed by atoms with Crippen molar-refractivity contribution < 1.29 is 24.1 Å². The number of benzene rings is 1. The van der Waals surface area contributed by atoms with Crippen LogP contribution < -0.4 is 14.8 Å². The minimum Gasteiger partial charge on any atom is -0.486 e. The minimum absolute atomic E-state index is 0.0222. The molecule has 2 atom stereocenters. The highest BCUT2D eigenvalue weighted by atomic mass is 16.6. The van der Waals surface area contributed by atoms with Crippen molar-refractivity contribution in [3.05, 3.63) is 23.8 Å². The van der Waals surface area contributed by atoms with Gasteiger partial charge in [-0.3, -0.25) is 4.79 Å². The van der Waals surface area contributed by atoms with Crippen LogP contribution in [-0.2, 0) is 9.53 Å². The van der Waals surface area contributed by atoms with Crippen molar-refractivity contribution >= 4 is 5.91 Å². The smallest absolute Gasteiger partial charge is 0.220 e. The number of aliphatic hydroxyl groups excluding tert-OH is 1. The maximum Gasteiger partial charge on any atom is 0.220 e. The fourth-order valence-electron chi connectivity index (χ4n) is 3.14. The molecule has 24 heavy (non-hydrogen) atoms. The average Bonchev–Trinajstić information content (AvgIpc) is 2.61. The highest BCUT2D eigenvalue weighted by Crippen LogP contribution is 2.33. The molecule has 0 spiro atoms. The lowest BCUT2D eigenvalue weighted by atomic mass is 9.95. The number of hydrogen-bond donors (Lipinski definition) is 2. The molecule has 0 bridgehead atoms. The highest BCUT2D eigenvalue weighted by Gasteiger charge is 2.23. The number of nitrogens with one attached hydrogen (secondary N) is 1. The molecule has 2 aliphatic rings. The van der Waals surface area contributed by atoms with Crippen molar-refractivity contribution in [3.8, 4) is 11.5 Å². The number of carbonyl (C=O) groups excluding carboxylic acids is 1. The third-order valence-corrected chi connectivity index (χ3v) is 4.58. The summed E-state index contributed by atoms with van der Waals surface area (Å²) >= 11 is 0. The van der Waals surface area contributed by atoms with Gasteiger partial charge in [-0.05, 0) is 43.4 Å². The second kappa shape index (κ2) is 7.85. The average molecular weight is 335 g/mol. The molecule has 1 aromatic carbocycles. The fourth-order valence-corrected chi connectivity index (χ4v) is 3.14. The SMILES string of the molecule is C[C@@H](NC(=O)CC1CCOCC1)[C@H](O)c1ccc2c(c1)OCCO2. The Balaban J connectivity index is 1.55. The summed E-state index contributed by atoms with van der Waals surface area (Å²) in [4.78, 5) is 12.2. The first-order valence-corrected chi connectivity index (χ1v) is 8.58. The molecule has 2 aliphatic heterocycles. The van der Waals surface area contributed by atoms with Crippen molar-refractivity contribution in [2.45, 2.75) is 38.3 Å². The molecule has 132 valence electrons. The van der Waals surface area contributed by atoms with Crippen molar-refractivity contribution in [3.63, 3.8) is 0 Å². The summed E-state index contributed by atoms with van der Waals surface area (Å²) in [5.74, 6) is 1.68. The van der Waals surface area contributed by atoms with Gasteiger partial charge in [-0.1, -0.05) is 6.07 Å². The lowest BCUT2D eigenvalue weighted by molar-refractivity contribution is -0.124. The van der Waals surface area contributed by atoms with Gasteiger partial charge in [0.25, 0.3) is 0 Å². The maximum absolute atomic E-state index is 12.2. The standard InChI is InChI=1S/C18H25NO5/c1-12(19-17(20)10-13-4-6-22-7-5-13)18(21)14-2-3-15-16(11-14)24-9-8-23-15/h2-3,11-13,18,21H,4-10H2,1H3,(H,19,20)/t12-,18+/m1/s1. The van der Waals surface area contributed by atoms with E-state index in [1.165, 1.54) is 0 Å². The van der Waals surface area contributed by atoms with Gasteiger partial charge in [-0.25, -0.2) is 0 Å². The summed E-state index contributed by atoms with van der Waals surface area (Å²) in [7, 11) is 0. The predicted octanol–water partition coefficient (Wildman–Crippen LogP) is 1.81. The first kappa shape index (κ1) is 17.0. The van der Waals surface area contributed by atoms with Crippen molar-refractivity contribution in [1.29, 1.82) is 0 Å². The molecule has 0 radical (unpaired) electrons. The zero-order valence-corrected chi connectivity index (χ0v) is 14.0. The lowest BCUT2D eigenvalue weighted by Crippen LogP contribution is -2.38. The molecule has 0 aromatic heterocycles. The number of ether oxygens (including phenoxy) is 3. The molecular weight excluding hydrogens is 310 g/mol. The van der Waals surface area contributed by atoms with Gasteiger partial charge in [0.2, 0.25) is 5.91 Å². The number of amides is 1. The van der Waals surface area contributed by atoms with Crippen LogP contribution in [0, 0.1) is 5.92 Å². The number of hydrogen-bond acceptors (Lipinski definition) is 5. The normalized spacial score (nSPS) is 20.2. The van der Waals surface area contributed by atoms with Crippen molar-refractivity contribution in [2.75, 3.05) is 26.4 Å². The number of carbonyl (C=O) groups is 1. The first-order valence-electron chi connectivity index (χ1n) is 8.58. The zero-order valence-electron chi connectivity index (χ0n) is 14.0. The second-order valence-corrected chi connectivity index (χ2v) is 6.46. The quantitative estimate of drug-likeness (QED) is 0.858. The van der Waals surface area contributed by atoms with Crippen molar-refractivity contribution in [2.24, 2.45) is 5.92 Å². The Kier molecular flexibility index (Phi) is 5.58. The molecule has 1 aromatic rings. The van der Waals surface area contributed by atoms with E-state index in [9.17, 15) is 9.90 Å². The second-order valence-electron chi connectivity index (χ2n) is 6.46. The molecular formula is C18H25NO5. The van der Waals surface area contributed by atoms with Gasteiger partial charge in [-0.2, -0.15) is 0 Å². The fraction of sp³-hybridized carbons (Fsp3) is 0.611. The molecule has 2 heterocycles. The molecule has 1 saturated heterocycles. The van der Waals surface area contributed by atoms with E-state index in [1.807, 2.05) is 6.92 Å². The summed E-state index contributed by atoms with van der Waals surface area (Å²) in [6.07, 6.45) is 1.54. The van der Waals surface area contributed by atoms with Gasteiger partial charge >= 0.3 is 0 Å². The molecule has 1 fully saturated rings. The molecule has 2 N–H and O–H groups in total. The van der Waals surface area contributed by atoms with Crippen LogP contribution in [0.15, 0.2) is 18.2 Å². The van der Waals surface area contributed by atoms with Crippen LogP contribution in [0.25, 0.3) is 0 Å². The van der Waals surface area contributed by atoms with Crippen LogP contribution in [0.1, 0.15) is 37.9 Å². The van der Waals surface area contributed by atoms with E-state index in [-0.39, 0.29) is 11.9 Å². The number of fused-ring (bicyclic) bond motifs is 1. The van der Waals surface area contributed by atoms with Crippen LogP contribution in [0.3, 0.4) is 0 Å². The molecule has 6 nitrogen and oxygen atoms in total. The Hall–Kier alpha value is -1.79. The molecule has 0 aliphatic carbocycles. The topological polar surface area (TPSA) is 77.0 Å². The summed E-state index contributed by atoms with van der Waals surface area (Å²) in [6.45, 7) is 4.31. The summed E-state index contributed by atoms with van der Waals surface area (Å²) in [5.41, 5.74) is 0.707. The van der Waals surface area contributed by atoms with Crippen LogP contribution in [0.2, 0.25) is 0 Å². The molecule has 3 rings (SSSR count). The Labute approximate surface area is 142 Å². The maximum atomic E-state index is 12.2. The molecule has 6 heteroatoms. The van der Waals surface area contributed by atoms with Gasteiger partial charge in [-0.15, -0.1) is 0 Å². The van der Waals surface area contributed by atoms with E-state index in [1.54, 1.807) is 18.2 Å². The molecule has 0 saturated carbocycles. The van der Waals surface area contributed by atoms with Crippen molar-refractivity contribution in [1.82, 2.24) is 5.32 Å². The van der Waals surface area contributed by atoms with Gasteiger partial charge in [0.1, 0.15) is 13.2 Å². The summed E-state index contributed by atoms with van der Waals surface area (Å²) < 4.78 is 16.3. The first-order chi connectivity index (χ1) is 11.6. The van der Waals surface area contributed by atoms with E-state index in [4.69, 9.17) is 14.2 Å². The van der Waals surface area contributed by atoms with E-state index in [2.05, 4.69) is 5.32 Å². The Morgan fingerprint density at radius 3 is 2.67 bits per heavy atom. The molecule has 0 unspecified atom stereocenters. The lowest BCUT2D eigenvalue weighted by Gasteiger charge is -2.25. The van der Waals surface area contributed by atoms with Crippen LogP contribution in [0.5, 0.6) is 11.5 Å². The Bertz CT molecular complexity index is 571. The number of rotatable bonds is 5. The van der Waals surface area contributed by atoms with Crippen LogP contribution in [0.4, 0.5) is 0 Å². The minimum atomic E-state index is -0.792.